The molecule has 0 aliphatic heterocycles. The summed E-state index contributed by atoms with van der Waals surface area (Å²) in [6, 6.07) is 7.62. The number of fused-ring (bicyclic) bond motifs is 1. The van der Waals surface area contributed by atoms with E-state index in [2.05, 4.69) is 41.2 Å². The molecule has 0 amide bonds. The van der Waals surface area contributed by atoms with Crippen molar-refractivity contribution < 1.29 is 9.53 Å². The third-order valence-electron chi connectivity index (χ3n) is 6.39. The summed E-state index contributed by atoms with van der Waals surface area (Å²) in [7, 11) is 0. The molecule has 2 nitrogen and oxygen atoms in total. The minimum atomic E-state index is -0.279. The summed E-state index contributed by atoms with van der Waals surface area (Å²) in [5.41, 5.74) is 11.3. The highest BCUT2D eigenvalue weighted by molar-refractivity contribution is 5.90. The van der Waals surface area contributed by atoms with Crippen LogP contribution in [-0.2, 0) is 16.6 Å². The van der Waals surface area contributed by atoms with Crippen LogP contribution in [0.15, 0.2) is 30.8 Å². The molecule has 0 spiro atoms. The average Bonchev–Trinajstić information content (AvgIpc) is 2.65. The van der Waals surface area contributed by atoms with Crippen LogP contribution in [0.4, 0.5) is 0 Å². The van der Waals surface area contributed by atoms with Gasteiger partial charge in [0.15, 0.2) is 0 Å². The van der Waals surface area contributed by atoms with Gasteiger partial charge in [-0.2, -0.15) is 0 Å². The highest BCUT2D eigenvalue weighted by Gasteiger charge is 2.32. The third-order valence-corrected chi connectivity index (χ3v) is 6.39. The summed E-state index contributed by atoms with van der Waals surface area (Å²) in [5.74, 6) is -0.279. The first-order valence-corrected chi connectivity index (χ1v) is 10.3. The van der Waals surface area contributed by atoms with E-state index in [9.17, 15) is 4.79 Å². The molecule has 3 rings (SSSR count). The minimum Gasteiger partial charge on any atom is -0.462 e. The lowest BCUT2D eigenvalue weighted by atomic mass is 9.67. The zero-order valence-electron chi connectivity index (χ0n) is 18.2. The van der Waals surface area contributed by atoms with Crippen LogP contribution in [-0.4, -0.2) is 12.6 Å². The SMILES string of the molecule is C=C(c1ccc(C(=O)OCC)cc1)c1c(C)c(C)c2c(c1C)CCCC2(C)C. The summed E-state index contributed by atoms with van der Waals surface area (Å²) < 4.78 is 5.09. The molecule has 0 heterocycles. The van der Waals surface area contributed by atoms with E-state index >= 15 is 0 Å². The number of ether oxygens (including phenoxy) is 1. The van der Waals surface area contributed by atoms with Gasteiger partial charge in [-0.15, -0.1) is 0 Å². The molecule has 0 radical (unpaired) electrons. The lowest BCUT2D eigenvalue weighted by molar-refractivity contribution is 0.0526. The van der Waals surface area contributed by atoms with E-state index in [0.717, 1.165) is 17.6 Å². The lowest BCUT2D eigenvalue weighted by Crippen LogP contribution is -2.27. The maximum Gasteiger partial charge on any atom is 0.338 e. The van der Waals surface area contributed by atoms with E-state index in [0.29, 0.717) is 12.2 Å². The molecule has 0 N–H and O–H groups in total. The van der Waals surface area contributed by atoms with Crippen LogP contribution in [0.1, 0.15) is 82.9 Å². The fourth-order valence-corrected chi connectivity index (χ4v) is 4.90. The molecule has 0 aromatic heterocycles. The Labute approximate surface area is 169 Å². The highest BCUT2D eigenvalue weighted by atomic mass is 16.5. The Hall–Kier alpha value is -2.35. The fourth-order valence-electron chi connectivity index (χ4n) is 4.90. The van der Waals surface area contributed by atoms with Crippen LogP contribution in [0.2, 0.25) is 0 Å². The van der Waals surface area contributed by atoms with Gasteiger partial charge in [-0.25, -0.2) is 4.79 Å². The van der Waals surface area contributed by atoms with Gasteiger partial charge in [0.1, 0.15) is 0 Å². The van der Waals surface area contributed by atoms with E-state index in [4.69, 9.17) is 4.74 Å². The smallest absolute Gasteiger partial charge is 0.338 e. The zero-order valence-corrected chi connectivity index (χ0v) is 18.2. The lowest BCUT2D eigenvalue weighted by Gasteiger charge is -2.37. The molecule has 0 saturated heterocycles. The molecule has 1 aliphatic carbocycles. The van der Waals surface area contributed by atoms with Gasteiger partial charge >= 0.3 is 5.97 Å². The predicted molar refractivity (Wildman–Crippen MR) is 117 cm³/mol. The van der Waals surface area contributed by atoms with Gasteiger partial charge < -0.3 is 4.74 Å². The summed E-state index contributed by atoms with van der Waals surface area (Å²) in [6.07, 6.45) is 3.63. The van der Waals surface area contributed by atoms with Crippen LogP contribution >= 0.6 is 0 Å². The van der Waals surface area contributed by atoms with Crippen molar-refractivity contribution in [1.82, 2.24) is 0 Å². The average molecular weight is 377 g/mol. The zero-order chi connectivity index (χ0) is 20.6. The van der Waals surface area contributed by atoms with E-state index in [-0.39, 0.29) is 11.4 Å². The Morgan fingerprint density at radius 1 is 1.04 bits per heavy atom. The van der Waals surface area contributed by atoms with Crippen molar-refractivity contribution in [2.45, 2.75) is 66.2 Å². The van der Waals surface area contributed by atoms with Crippen molar-refractivity contribution in [3.63, 3.8) is 0 Å². The molecule has 28 heavy (non-hydrogen) atoms. The van der Waals surface area contributed by atoms with E-state index < -0.39 is 0 Å². The molecule has 0 atom stereocenters. The number of benzene rings is 2. The summed E-state index contributed by atoms with van der Waals surface area (Å²) in [6.45, 7) is 18.1. The number of rotatable bonds is 4. The molecular weight excluding hydrogens is 344 g/mol. The molecule has 2 aromatic carbocycles. The van der Waals surface area contributed by atoms with Crippen LogP contribution in [0.3, 0.4) is 0 Å². The molecule has 1 aliphatic rings. The predicted octanol–water partition coefficient (Wildman–Crippen LogP) is 6.46. The van der Waals surface area contributed by atoms with Crippen LogP contribution in [0.25, 0.3) is 5.57 Å². The van der Waals surface area contributed by atoms with Crippen molar-refractivity contribution in [2.75, 3.05) is 6.61 Å². The summed E-state index contributed by atoms with van der Waals surface area (Å²) in [4.78, 5) is 11.9. The third kappa shape index (κ3) is 3.41. The van der Waals surface area contributed by atoms with E-state index in [1.165, 1.54) is 40.7 Å². The Bertz CT molecular complexity index is 930. The molecule has 0 unspecified atom stereocenters. The number of hydrogen-bond donors (Lipinski definition) is 0. The van der Waals surface area contributed by atoms with Gasteiger partial charge in [-0.05, 0) is 109 Å². The van der Waals surface area contributed by atoms with Gasteiger partial charge in [0.25, 0.3) is 0 Å². The second-order valence-corrected chi connectivity index (χ2v) is 8.62. The van der Waals surface area contributed by atoms with Gasteiger partial charge in [-0.1, -0.05) is 32.6 Å². The summed E-state index contributed by atoms with van der Waals surface area (Å²) in [5, 5.41) is 0. The molecule has 0 bridgehead atoms. The van der Waals surface area contributed by atoms with Crippen molar-refractivity contribution >= 4 is 11.5 Å². The largest absolute Gasteiger partial charge is 0.462 e. The highest BCUT2D eigenvalue weighted by Crippen LogP contribution is 2.44. The molecule has 2 heteroatoms. The second kappa shape index (κ2) is 7.58. The maximum absolute atomic E-state index is 11.9. The van der Waals surface area contributed by atoms with Crippen molar-refractivity contribution in [2.24, 2.45) is 0 Å². The van der Waals surface area contributed by atoms with Gasteiger partial charge in [0.05, 0.1) is 12.2 Å². The maximum atomic E-state index is 11.9. The van der Waals surface area contributed by atoms with Crippen molar-refractivity contribution in [3.8, 4) is 0 Å². The first-order valence-electron chi connectivity index (χ1n) is 10.3. The summed E-state index contributed by atoms with van der Waals surface area (Å²) >= 11 is 0. The molecule has 2 aromatic rings. The van der Waals surface area contributed by atoms with Gasteiger partial charge in [-0.3, -0.25) is 0 Å². The van der Waals surface area contributed by atoms with Crippen LogP contribution in [0, 0.1) is 20.8 Å². The standard InChI is InChI=1S/C26H32O2/c1-8-28-25(27)21-13-11-20(12-14-21)18(4)23-16(2)17(3)24-22(19(23)5)10-9-15-26(24,6)7/h11-14H,4,8-10,15H2,1-3,5-7H3. The Morgan fingerprint density at radius 2 is 1.64 bits per heavy atom. The van der Waals surface area contributed by atoms with Gasteiger partial charge in [0.2, 0.25) is 0 Å². The fraction of sp³-hybridized carbons (Fsp3) is 0.423. The molecular formula is C26H32O2. The quantitative estimate of drug-likeness (QED) is 0.572. The Kier molecular flexibility index (Phi) is 5.52. The molecule has 0 fully saturated rings. The van der Waals surface area contributed by atoms with Crippen LogP contribution < -0.4 is 0 Å². The van der Waals surface area contributed by atoms with E-state index in [1.807, 2.05) is 31.2 Å². The second-order valence-electron chi connectivity index (χ2n) is 8.62. The number of esters is 1. The first kappa shape index (κ1) is 20.4. The van der Waals surface area contributed by atoms with Crippen LogP contribution in [0.5, 0.6) is 0 Å². The number of carbonyl (C=O) groups excluding carboxylic acids is 1. The molecule has 148 valence electrons. The minimum absolute atomic E-state index is 0.230. The van der Waals surface area contributed by atoms with E-state index in [1.54, 1.807) is 5.56 Å². The number of carbonyl (C=O) groups is 1. The molecule has 0 saturated carbocycles. The normalized spacial score (nSPS) is 15.1. The Morgan fingerprint density at radius 3 is 2.25 bits per heavy atom. The first-order chi connectivity index (χ1) is 13.2. The van der Waals surface area contributed by atoms with Crippen molar-refractivity contribution in [3.05, 3.63) is 75.4 Å². The monoisotopic (exact) mass is 376 g/mol. The Balaban J connectivity index is 2.06. The van der Waals surface area contributed by atoms with Crippen molar-refractivity contribution in [1.29, 1.82) is 0 Å². The topological polar surface area (TPSA) is 26.3 Å². The number of hydrogen-bond acceptors (Lipinski definition) is 2. The van der Waals surface area contributed by atoms with Gasteiger partial charge in [0, 0.05) is 0 Å².